The van der Waals surface area contributed by atoms with E-state index < -0.39 is 64.4 Å². The molecule has 0 aliphatic rings. The summed E-state index contributed by atoms with van der Waals surface area (Å²) in [7, 11) is 0.179. The first-order chi connectivity index (χ1) is 16.1. The highest BCUT2D eigenvalue weighted by Gasteiger charge is 2.38. The van der Waals surface area contributed by atoms with E-state index in [2.05, 4.69) is 25.1 Å². The molecule has 2 N–H and O–H groups in total. The van der Waals surface area contributed by atoms with Gasteiger partial charge in [-0.25, -0.2) is 19.2 Å². The zero-order valence-electron chi connectivity index (χ0n) is 19.5. The van der Waals surface area contributed by atoms with E-state index in [1.807, 2.05) is 0 Å². The van der Waals surface area contributed by atoms with Crippen molar-refractivity contribution in [1.29, 1.82) is 0 Å². The van der Waals surface area contributed by atoms with Gasteiger partial charge in [0.1, 0.15) is 31.8 Å². The van der Waals surface area contributed by atoms with Crippen molar-refractivity contribution in [2.45, 2.75) is 12.5 Å². The molecule has 0 aliphatic heterocycles. The first kappa shape index (κ1) is 31.0. The Kier molecular flexibility index (Phi) is 15.1. The van der Waals surface area contributed by atoms with Gasteiger partial charge in [0.25, 0.3) is 0 Å². The summed E-state index contributed by atoms with van der Waals surface area (Å²) in [6.07, 6.45) is 2.14. The summed E-state index contributed by atoms with van der Waals surface area (Å²) in [6.45, 7) is 8.35. The van der Waals surface area contributed by atoms with Gasteiger partial charge >= 0.3 is 32.6 Å². The molecule has 192 valence electrons. The summed E-state index contributed by atoms with van der Waals surface area (Å²) in [4.78, 5) is 46.9. The summed E-state index contributed by atoms with van der Waals surface area (Å²) in [5.41, 5.74) is -1.42. The van der Waals surface area contributed by atoms with Crippen molar-refractivity contribution in [2.75, 3.05) is 53.4 Å². The molecule has 1 amide bonds. The lowest BCUT2D eigenvalue weighted by Crippen LogP contribution is -2.45. The predicted molar refractivity (Wildman–Crippen MR) is 122 cm³/mol. The maximum Gasteiger partial charge on any atom is 0.407 e. The van der Waals surface area contributed by atoms with Crippen LogP contribution in [-0.4, -0.2) is 91.1 Å². The van der Waals surface area contributed by atoms with Crippen LogP contribution in [0.1, 0.15) is 6.42 Å². The Morgan fingerprint density at radius 3 is 1.59 bits per heavy atom. The second kappa shape index (κ2) is 16.6. The van der Waals surface area contributed by atoms with Crippen LogP contribution in [-0.2, 0) is 42.2 Å². The number of esters is 3. The topological polar surface area (TPSA) is 156 Å². The van der Waals surface area contributed by atoms with E-state index >= 15 is 0 Å². The number of hydrogen-bond donors (Lipinski definition) is 2. The number of ether oxygens (including phenoxy) is 4. The molecule has 0 radical (unpaired) electrons. The standard InChI is InChI=1S/C21H33NO11Si/c1-6-17(24)30-12-21(13-31-18(25)7-2,14-32-19(26)8-3)15-33-20(27)22-10-9-11-34(16-23,28-4)29-5/h6-8,23H,1-3,9-16H2,4-5H3,(H,22,27). The van der Waals surface area contributed by atoms with Crippen LogP contribution in [0.2, 0.25) is 6.04 Å². The van der Waals surface area contributed by atoms with Crippen molar-refractivity contribution in [2.24, 2.45) is 5.41 Å². The van der Waals surface area contributed by atoms with Gasteiger partial charge in [-0.15, -0.1) is 0 Å². The smallest absolute Gasteiger partial charge is 0.407 e. The number of carbonyl (C=O) groups is 4. The van der Waals surface area contributed by atoms with Crippen LogP contribution >= 0.6 is 0 Å². The molecule has 0 fully saturated rings. The molecular weight excluding hydrogens is 470 g/mol. The number of nitrogens with one attached hydrogen (secondary N) is 1. The van der Waals surface area contributed by atoms with Gasteiger partial charge in [0.2, 0.25) is 0 Å². The Labute approximate surface area is 199 Å². The fourth-order valence-corrected chi connectivity index (χ4v) is 4.12. The van der Waals surface area contributed by atoms with Crippen LogP contribution in [0.4, 0.5) is 4.79 Å². The van der Waals surface area contributed by atoms with E-state index in [1.54, 1.807) is 0 Å². The molecule has 0 spiro atoms. The molecule has 0 heterocycles. The Balaban J connectivity index is 5.20. The fourth-order valence-electron chi connectivity index (χ4n) is 2.41. The number of rotatable bonds is 18. The highest BCUT2D eigenvalue weighted by molar-refractivity contribution is 6.67. The summed E-state index contributed by atoms with van der Waals surface area (Å²) in [5, 5.41) is 12.0. The van der Waals surface area contributed by atoms with E-state index in [9.17, 15) is 24.3 Å². The first-order valence-corrected chi connectivity index (χ1v) is 12.4. The molecule has 0 aromatic heterocycles. The Hall–Kier alpha value is -3.00. The lowest BCUT2D eigenvalue weighted by Gasteiger charge is -2.31. The Morgan fingerprint density at radius 1 is 0.824 bits per heavy atom. The van der Waals surface area contributed by atoms with Crippen LogP contribution in [0.5, 0.6) is 0 Å². The van der Waals surface area contributed by atoms with Crippen molar-refractivity contribution >= 4 is 32.6 Å². The molecule has 0 saturated carbocycles. The number of alkyl carbamates (subject to hydrolysis) is 1. The van der Waals surface area contributed by atoms with Crippen LogP contribution in [0.25, 0.3) is 0 Å². The van der Waals surface area contributed by atoms with Gasteiger partial charge in [0.15, 0.2) is 0 Å². The molecule has 12 nitrogen and oxygen atoms in total. The van der Waals surface area contributed by atoms with Gasteiger partial charge in [0, 0.05) is 39.0 Å². The maximum absolute atomic E-state index is 12.2. The second-order valence-corrected chi connectivity index (χ2v) is 10.5. The Bertz CT molecular complexity index is 653. The number of aliphatic hydroxyl groups is 1. The van der Waals surface area contributed by atoms with Crippen molar-refractivity contribution in [1.82, 2.24) is 5.32 Å². The molecule has 0 atom stereocenters. The van der Waals surface area contributed by atoms with Gasteiger partial charge in [-0.3, -0.25) is 0 Å². The minimum absolute atomic E-state index is 0.190. The van der Waals surface area contributed by atoms with Crippen molar-refractivity contribution in [3.8, 4) is 0 Å². The van der Waals surface area contributed by atoms with E-state index in [-0.39, 0.29) is 12.8 Å². The zero-order valence-corrected chi connectivity index (χ0v) is 20.5. The van der Waals surface area contributed by atoms with E-state index in [1.165, 1.54) is 14.2 Å². The van der Waals surface area contributed by atoms with Crippen molar-refractivity contribution in [3.63, 3.8) is 0 Å². The SMILES string of the molecule is C=CC(=O)OCC(COC(=O)C=C)(COC(=O)C=C)COC(=O)NCCC[Si](CO)(OC)OC. The molecule has 34 heavy (non-hydrogen) atoms. The summed E-state index contributed by atoms with van der Waals surface area (Å²) in [6, 6.07) is 0.424. The average molecular weight is 504 g/mol. The van der Waals surface area contributed by atoms with Gasteiger partial charge in [0.05, 0.1) is 6.23 Å². The molecule has 0 aromatic carbocycles. The summed E-state index contributed by atoms with van der Waals surface area (Å²) in [5.74, 6) is -2.36. The quantitative estimate of drug-likeness (QED) is 0.0885. The lowest BCUT2D eigenvalue weighted by atomic mass is 9.92. The predicted octanol–water partition coefficient (Wildman–Crippen LogP) is 0.543. The molecule has 0 bridgehead atoms. The largest absolute Gasteiger partial charge is 0.462 e. The van der Waals surface area contributed by atoms with Crippen LogP contribution in [0.15, 0.2) is 38.0 Å². The molecular formula is C21H33NO11Si. The Morgan fingerprint density at radius 2 is 1.24 bits per heavy atom. The molecule has 0 saturated heterocycles. The monoisotopic (exact) mass is 503 g/mol. The minimum Gasteiger partial charge on any atom is -0.462 e. The number of hydrogen-bond acceptors (Lipinski definition) is 11. The first-order valence-electron chi connectivity index (χ1n) is 10.1. The van der Waals surface area contributed by atoms with E-state index in [0.29, 0.717) is 12.5 Å². The van der Waals surface area contributed by atoms with Crippen molar-refractivity contribution in [3.05, 3.63) is 38.0 Å². The molecule has 0 unspecified atom stereocenters. The van der Waals surface area contributed by atoms with Crippen LogP contribution in [0.3, 0.4) is 0 Å². The minimum atomic E-state index is -2.72. The third-order valence-electron chi connectivity index (χ3n) is 4.56. The van der Waals surface area contributed by atoms with Crippen LogP contribution < -0.4 is 5.32 Å². The van der Waals surface area contributed by atoms with Crippen LogP contribution in [0, 0.1) is 5.41 Å². The average Bonchev–Trinajstić information content (AvgIpc) is 2.87. The van der Waals surface area contributed by atoms with E-state index in [0.717, 1.165) is 18.2 Å². The lowest BCUT2D eigenvalue weighted by molar-refractivity contribution is -0.159. The third-order valence-corrected chi connectivity index (χ3v) is 7.65. The highest BCUT2D eigenvalue weighted by Crippen LogP contribution is 2.22. The second-order valence-electron chi connectivity index (χ2n) is 7.02. The fraction of sp³-hybridized carbons (Fsp3) is 0.524. The summed E-state index contributed by atoms with van der Waals surface area (Å²) < 4.78 is 30.9. The normalized spacial score (nSPS) is 11.0. The molecule has 13 heteroatoms. The van der Waals surface area contributed by atoms with E-state index in [4.69, 9.17) is 27.8 Å². The van der Waals surface area contributed by atoms with Gasteiger partial charge in [-0.05, 0) is 12.5 Å². The molecule has 0 aliphatic carbocycles. The summed E-state index contributed by atoms with van der Waals surface area (Å²) >= 11 is 0. The van der Waals surface area contributed by atoms with Gasteiger partial charge in [-0.2, -0.15) is 0 Å². The highest BCUT2D eigenvalue weighted by atomic mass is 28.4. The zero-order chi connectivity index (χ0) is 26.0. The number of carbonyl (C=O) groups excluding carboxylic acids is 4. The van der Waals surface area contributed by atoms with Crippen molar-refractivity contribution < 1.29 is 52.1 Å². The molecule has 0 aromatic rings. The maximum atomic E-state index is 12.2. The number of aliphatic hydroxyl groups excluding tert-OH is 1. The third kappa shape index (κ3) is 11.7. The molecule has 0 rings (SSSR count). The van der Waals surface area contributed by atoms with Gasteiger partial charge < -0.3 is 38.2 Å². The van der Waals surface area contributed by atoms with Gasteiger partial charge in [-0.1, -0.05) is 19.7 Å². The number of amides is 1.